The van der Waals surface area contributed by atoms with E-state index >= 15 is 0 Å². The van der Waals surface area contributed by atoms with Crippen molar-refractivity contribution in [3.63, 3.8) is 0 Å². The number of hydrogen-bond acceptors (Lipinski definition) is 3. The van der Waals surface area contributed by atoms with Gasteiger partial charge in [0.05, 0.1) is 0 Å². The topological polar surface area (TPSA) is 40.6 Å². The van der Waals surface area contributed by atoms with Crippen LogP contribution in [0.15, 0.2) is 11.6 Å². The summed E-state index contributed by atoms with van der Waals surface area (Å²) in [5.74, 6) is 0.730. The summed E-state index contributed by atoms with van der Waals surface area (Å²) in [4.78, 5) is 27.5. The zero-order valence-electron chi connectivity index (χ0n) is 14.7. The highest BCUT2D eigenvalue weighted by Crippen LogP contribution is 2.14. The largest absolute Gasteiger partial charge is 0.340 e. The fourth-order valence-electron chi connectivity index (χ4n) is 2.65. The van der Waals surface area contributed by atoms with E-state index < -0.39 is 0 Å². The monoisotopic (exact) mass is 308 g/mol. The molecular weight excluding hydrogens is 276 g/mol. The van der Waals surface area contributed by atoms with Crippen molar-refractivity contribution in [2.45, 2.75) is 52.9 Å². The number of amides is 1. The van der Waals surface area contributed by atoms with Crippen LogP contribution in [-0.4, -0.2) is 54.7 Å². The van der Waals surface area contributed by atoms with E-state index in [-0.39, 0.29) is 17.6 Å². The molecule has 126 valence electrons. The maximum Gasteiger partial charge on any atom is 0.222 e. The standard InChI is InChI=1S/C18H32N2O2/c1-15(7-5-9-16(2)17(3)21)8-6-10-18(22)20-13-11-19(4)12-14-20/h8,16H,5-7,9-14H2,1-4H3/b15-8+. The molecule has 4 nitrogen and oxygen atoms in total. The SMILES string of the molecule is CC(=O)C(C)CCC/C(C)=C/CCC(=O)N1CCN(C)CC1. The van der Waals surface area contributed by atoms with Crippen LogP contribution in [0.25, 0.3) is 0 Å². The van der Waals surface area contributed by atoms with Gasteiger partial charge in [-0.3, -0.25) is 9.59 Å². The van der Waals surface area contributed by atoms with Gasteiger partial charge in [-0.2, -0.15) is 0 Å². The van der Waals surface area contributed by atoms with Crippen LogP contribution >= 0.6 is 0 Å². The van der Waals surface area contributed by atoms with Crippen LogP contribution in [0.2, 0.25) is 0 Å². The van der Waals surface area contributed by atoms with Gasteiger partial charge < -0.3 is 9.80 Å². The second-order valence-electron chi connectivity index (χ2n) is 6.68. The van der Waals surface area contributed by atoms with Gasteiger partial charge in [0.15, 0.2) is 0 Å². The molecule has 0 aliphatic carbocycles. The highest BCUT2D eigenvalue weighted by molar-refractivity contribution is 5.77. The summed E-state index contributed by atoms with van der Waals surface area (Å²) in [5, 5.41) is 0. The minimum Gasteiger partial charge on any atom is -0.340 e. The van der Waals surface area contributed by atoms with Crippen LogP contribution in [-0.2, 0) is 9.59 Å². The second kappa shape index (κ2) is 9.78. The quantitative estimate of drug-likeness (QED) is 0.647. The molecule has 1 saturated heterocycles. The first-order valence-corrected chi connectivity index (χ1v) is 8.52. The van der Waals surface area contributed by atoms with Crippen LogP contribution in [0.3, 0.4) is 0 Å². The number of nitrogens with zero attached hydrogens (tertiary/aromatic N) is 2. The van der Waals surface area contributed by atoms with E-state index in [9.17, 15) is 9.59 Å². The highest BCUT2D eigenvalue weighted by atomic mass is 16.2. The zero-order valence-corrected chi connectivity index (χ0v) is 14.7. The molecule has 0 bridgehead atoms. The third-order valence-corrected chi connectivity index (χ3v) is 4.61. The molecule has 1 aliphatic heterocycles. The Hall–Kier alpha value is -1.16. The van der Waals surface area contributed by atoms with Crippen molar-refractivity contribution in [1.82, 2.24) is 9.80 Å². The summed E-state index contributed by atoms with van der Waals surface area (Å²) in [6.45, 7) is 9.47. The van der Waals surface area contributed by atoms with Gasteiger partial charge in [-0.05, 0) is 46.6 Å². The van der Waals surface area contributed by atoms with Crippen molar-refractivity contribution in [3.05, 3.63) is 11.6 Å². The van der Waals surface area contributed by atoms with Crippen LogP contribution in [0, 0.1) is 5.92 Å². The van der Waals surface area contributed by atoms with E-state index in [1.165, 1.54) is 5.57 Å². The van der Waals surface area contributed by atoms with Gasteiger partial charge >= 0.3 is 0 Å². The molecule has 22 heavy (non-hydrogen) atoms. The van der Waals surface area contributed by atoms with Gasteiger partial charge in [0, 0.05) is 38.5 Å². The Labute approximate surface area is 135 Å². The molecule has 1 atom stereocenters. The maximum absolute atomic E-state index is 12.1. The Kier molecular flexibility index (Phi) is 8.39. The average molecular weight is 308 g/mol. The summed E-state index contributed by atoms with van der Waals surface area (Å²) in [5.41, 5.74) is 1.34. The normalized spacial score (nSPS) is 18.4. The van der Waals surface area contributed by atoms with Crippen molar-refractivity contribution in [3.8, 4) is 0 Å². The molecule has 0 N–H and O–H groups in total. The van der Waals surface area contributed by atoms with Gasteiger partial charge in [-0.15, -0.1) is 0 Å². The minimum atomic E-state index is 0.173. The van der Waals surface area contributed by atoms with Crippen molar-refractivity contribution in [2.75, 3.05) is 33.2 Å². The Morgan fingerprint density at radius 1 is 1.09 bits per heavy atom. The van der Waals surface area contributed by atoms with Gasteiger partial charge in [0.25, 0.3) is 0 Å². The van der Waals surface area contributed by atoms with E-state index in [4.69, 9.17) is 0 Å². The predicted molar refractivity (Wildman–Crippen MR) is 90.8 cm³/mol. The van der Waals surface area contributed by atoms with Crippen molar-refractivity contribution >= 4 is 11.7 Å². The summed E-state index contributed by atoms with van der Waals surface area (Å²) in [6.07, 6.45) is 6.67. The first-order chi connectivity index (χ1) is 10.4. The van der Waals surface area contributed by atoms with Crippen molar-refractivity contribution in [1.29, 1.82) is 0 Å². The zero-order chi connectivity index (χ0) is 16.5. The van der Waals surface area contributed by atoms with Gasteiger partial charge in [-0.1, -0.05) is 18.6 Å². The van der Waals surface area contributed by atoms with E-state index in [0.717, 1.165) is 51.9 Å². The number of hydrogen-bond donors (Lipinski definition) is 0. The first-order valence-electron chi connectivity index (χ1n) is 8.52. The summed E-state index contributed by atoms with van der Waals surface area (Å²) in [6, 6.07) is 0. The number of rotatable bonds is 8. The van der Waals surface area contributed by atoms with Crippen LogP contribution in [0.5, 0.6) is 0 Å². The molecule has 0 saturated carbocycles. The number of Topliss-reactive ketones (excluding diaryl/α,β-unsaturated/α-hetero) is 1. The number of piperazine rings is 1. The molecular formula is C18H32N2O2. The van der Waals surface area contributed by atoms with E-state index in [2.05, 4.69) is 24.9 Å². The van der Waals surface area contributed by atoms with Gasteiger partial charge in [0.1, 0.15) is 5.78 Å². The third-order valence-electron chi connectivity index (χ3n) is 4.61. The molecule has 1 rings (SSSR count). The Morgan fingerprint density at radius 3 is 2.32 bits per heavy atom. The van der Waals surface area contributed by atoms with Crippen molar-refractivity contribution < 1.29 is 9.59 Å². The van der Waals surface area contributed by atoms with Crippen LogP contribution in [0.1, 0.15) is 52.9 Å². The lowest BCUT2D eigenvalue weighted by Gasteiger charge is -2.32. The Balaban J connectivity index is 2.18. The lowest BCUT2D eigenvalue weighted by Crippen LogP contribution is -2.47. The molecule has 0 aromatic heterocycles. The number of carbonyl (C=O) groups excluding carboxylic acids is 2. The molecule has 0 radical (unpaired) electrons. The summed E-state index contributed by atoms with van der Waals surface area (Å²) < 4.78 is 0. The Morgan fingerprint density at radius 2 is 1.73 bits per heavy atom. The highest BCUT2D eigenvalue weighted by Gasteiger charge is 2.17. The smallest absolute Gasteiger partial charge is 0.222 e. The second-order valence-corrected chi connectivity index (χ2v) is 6.68. The Bertz CT molecular complexity index is 396. The fraction of sp³-hybridized carbons (Fsp3) is 0.778. The lowest BCUT2D eigenvalue weighted by molar-refractivity contribution is -0.132. The molecule has 1 amide bonds. The molecule has 1 fully saturated rings. The molecule has 1 aliphatic rings. The number of ketones is 1. The number of carbonyl (C=O) groups is 2. The molecule has 4 heteroatoms. The fourth-order valence-corrected chi connectivity index (χ4v) is 2.65. The van der Waals surface area contributed by atoms with Gasteiger partial charge in [-0.25, -0.2) is 0 Å². The first kappa shape index (κ1) is 18.9. The van der Waals surface area contributed by atoms with E-state index in [1.54, 1.807) is 6.92 Å². The number of likely N-dealkylation sites (N-methyl/N-ethyl adjacent to an activating group) is 1. The van der Waals surface area contributed by atoms with E-state index in [0.29, 0.717) is 6.42 Å². The van der Waals surface area contributed by atoms with Crippen molar-refractivity contribution in [2.24, 2.45) is 5.92 Å². The summed E-state index contributed by atoms with van der Waals surface area (Å²) >= 11 is 0. The average Bonchev–Trinajstić information content (AvgIpc) is 2.47. The molecule has 0 spiro atoms. The molecule has 1 unspecified atom stereocenters. The maximum atomic E-state index is 12.1. The predicted octanol–water partition coefficient (Wildman–Crippen LogP) is 2.88. The van der Waals surface area contributed by atoms with Crippen LogP contribution in [0.4, 0.5) is 0 Å². The van der Waals surface area contributed by atoms with Gasteiger partial charge in [0.2, 0.25) is 5.91 Å². The number of allylic oxidation sites excluding steroid dienone is 2. The molecule has 0 aromatic rings. The summed E-state index contributed by atoms with van der Waals surface area (Å²) in [7, 11) is 2.10. The third kappa shape index (κ3) is 7.21. The molecule has 1 heterocycles. The lowest BCUT2D eigenvalue weighted by atomic mass is 9.98. The van der Waals surface area contributed by atoms with Crippen LogP contribution < -0.4 is 0 Å². The van der Waals surface area contributed by atoms with E-state index in [1.807, 2.05) is 11.8 Å². The minimum absolute atomic E-state index is 0.173. The molecule has 0 aromatic carbocycles.